The van der Waals surface area contributed by atoms with Gasteiger partial charge in [-0.2, -0.15) is 0 Å². The molecule has 4 heteroatoms. The van der Waals surface area contributed by atoms with E-state index in [0.717, 1.165) is 56.4 Å². The predicted molar refractivity (Wildman–Crippen MR) is 76.2 cm³/mol. The predicted octanol–water partition coefficient (Wildman–Crippen LogP) is 2.44. The van der Waals surface area contributed by atoms with Gasteiger partial charge in [-0.1, -0.05) is 11.6 Å². The number of nitrogens with one attached hydrogen (secondary N) is 1. The maximum Gasteiger partial charge on any atom is 0.125 e. The molecule has 2 heterocycles. The molecule has 0 aliphatic carbocycles. The molecule has 0 bridgehead atoms. The Bertz CT molecular complexity index is 469. The fourth-order valence-corrected chi connectivity index (χ4v) is 3.51. The van der Waals surface area contributed by atoms with Crippen LogP contribution in [0.4, 0.5) is 0 Å². The standard InChI is InChI=1S/C15H20ClNO2/c1-17-9-15(3-5-18-10-15)8-12-7-13(16)6-11-2-4-19-14(11)12/h6-7,17H,2-5,8-10H2,1H3. The smallest absolute Gasteiger partial charge is 0.125 e. The van der Waals surface area contributed by atoms with Crippen LogP contribution in [-0.4, -0.2) is 33.4 Å². The lowest BCUT2D eigenvalue weighted by Crippen LogP contribution is -2.35. The van der Waals surface area contributed by atoms with Crippen LogP contribution in [0.5, 0.6) is 5.75 Å². The summed E-state index contributed by atoms with van der Waals surface area (Å²) < 4.78 is 11.4. The van der Waals surface area contributed by atoms with Crippen LogP contribution in [0.2, 0.25) is 5.02 Å². The van der Waals surface area contributed by atoms with Crippen LogP contribution in [0, 0.1) is 5.41 Å². The number of hydrogen-bond donors (Lipinski definition) is 1. The van der Waals surface area contributed by atoms with E-state index in [1.807, 2.05) is 13.1 Å². The average Bonchev–Trinajstić information content (AvgIpc) is 2.98. The Labute approximate surface area is 119 Å². The molecule has 3 rings (SSSR count). The van der Waals surface area contributed by atoms with Gasteiger partial charge in [0, 0.05) is 30.0 Å². The molecule has 0 spiro atoms. The molecule has 1 saturated heterocycles. The first-order chi connectivity index (χ1) is 9.22. The van der Waals surface area contributed by atoms with E-state index in [-0.39, 0.29) is 5.41 Å². The van der Waals surface area contributed by atoms with E-state index in [4.69, 9.17) is 21.1 Å². The number of ether oxygens (including phenoxy) is 2. The number of benzene rings is 1. The fourth-order valence-electron chi connectivity index (χ4n) is 3.25. The van der Waals surface area contributed by atoms with Crippen LogP contribution in [0.3, 0.4) is 0 Å². The Morgan fingerprint density at radius 2 is 2.26 bits per heavy atom. The van der Waals surface area contributed by atoms with Crippen molar-refractivity contribution in [2.75, 3.05) is 33.4 Å². The minimum atomic E-state index is 0.180. The van der Waals surface area contributed by atoms with Crippen LogP contribution in [0.15, 0.2) is 12.1 Å². The molecule has 1 aromatic carbocycles. The molecular formula is C15H20ClNO2. The molecule has 1 N–H and O–H groups in total. The Morgan fingerprint density at radius 3 is 3.00 bits per heavy atom. The van der Waals surface area contributed by atoms with Crippen molar-refractivity contribution < 1.29 is 9.47 Å². The first-order valence-corrected chi connectivity index (χ1v) is 7.27. The first kappa shape index (κ1) is 13.2. The van der Waals surface area contributed by atoms with Crippen molar-refractivity contribution in [3.05, 3.63) is 28.3 Å². The van der Waals surface area contributed by atoms with Gasteiger partial charge in [0.25, 0.3) is 0 Å². The lowest BCUT2D eigenvalue weighted by Gasteiger charge is -2.28. The van der Waals surface area contributed by atoms with Crippen molar-refractivity contribution in [1.29, 1.82) is 0 Å². The summed E-state index contributed by atoms with van der Waals surface area (Å²) in [5.74, 6) is 1.06. The van der Waals surface area contributed by atoms with Gasteiger partial charge in [-0.25, -0.2) is 0 Å². The average molecular weight is 282 g/mol. The molecule has 1 fully saturated rings. The minimum Gasteiger partial charge on any atom is -0.493 e. The zero-order valence-electron chi connectivity index (χ0n) is 11.3. The molecule has 1 atom stereocenters. The van der Waals surface area contributed by atoms with E-state index in [9.17, 15) is 0 Å². The maximum absolute atomic E-state index is 6.23. The highest BCUT2D eigenvalue weighted by Gasteiger charge is 2.36. The quantitative estimate of drug-likeness (QED) is 0.920. The van der Waals surface area contributed by atoms with Gasteiger partial charge in [0.05, 0.1) is 13.2 Å². The molecule has 0 radical (unpaired) electrons. The zero-order valence-corrected chi connectivity index (χ0v) is 12.1. The highest BCUT2D eigenvalue weighted by atomic mass is 35.5. The van der Waals surface area contributed by atoms with Crippen LogP contribution in [0.1, 0.15) is 17.5 Å². The van der Waals surface area contributed by atoms with Crippen molar-refractivity contribution in [2.24, 2.45) is 5.41 Å². The van der Waals surface area contributed by atoms with Crippen molar-refractivity contribution in [2.45, 2.75) is 19.3 Å². The van der Waals surface area contributed by atoms with Gasteiger partial charge in [-0.05, 0) is 43.1 Å². The Hall–Kier alpha value is -0.770. The Balaban J connectivity index is 1.90. The topological polar surface area (TPSA) is 30.5 Å². The van der Waals surface area contributed by atoms with Crippen molar-refractivity contribution in [3.8, 4) is 5.75 Å². The molecule has 0 amide bonds. The summed E-state index contributed by atoms with van der Waals surface area (Å²) >= 11 is 6.23. The number of rotatable bonds is 4. The molecule has 2 aliphatic heterocycles. The summed E-state index contributed by atoms with van der Waals surface area (Å²) in [6.07, 6.45) is 3.03. The molecule has 19 heavy (non-hydrogen) atoms. The normalized spacial score (nSPS) is 25.4. The molecule has 3 nitrogen and oxygen atoms in total. The van der Waals surface area contributed by atoms with E-state index >= 15 is 0 Å². The van der Waals surface area contributed by atoms with Crippen molar-refractivity contribution in [3.63, 3.8) is 0 Å². The van der Waals surface area contributed by atoms with Gasteiger partial charge in [-0.3, -0.25) is 0 Å². The van der Waals surface area contributed by atoms with E-state index < -0.39 is 0 Å². The molecule has 104 valence electrons. The highest BCUT2D eigenvalue weighted by Crippen LogP contribution is 2.39. The van der Waals surface area contributed by atoms with Crippen LogP contribution >= 0.6 is 11.6 Å². The molecule has 1 aromatic rings. The zero-order chi connectivity index (χ0) is 13.3. The monoisotopic (exact) mass is 281 g/mol. The highest BCUT2D eigenvalue weighted by molar-refractivity contribution is 6.30. The lowest BCUT2D eigenvalue weighted by molar-refractivity contribution is 0.150. The van der Waals surface area contributed by atoms with Gasteiger partial charge in [0.2, 0.25) is 0 Å². The van der Waals surface area contributed by atoms with Gasteiger partial charge in [0.15, 0.2) is 0 Å². The van der Waals surface area contributed by atoms with E-state index in [2.05, 4.69) is 11.4 Å². The van der Waals surface area contributed by atoms with E-state index in [0.29, 0.717) is 0 Å². The van der Waals surface area contributed by atoms with Gasteiger partial charge >= 0.3 is 0 Å². The summed E-state index contributed by atoms with van der Waals surface area (Å²) in [6.45, 7) is 3.41. The summed E-state index contributed by atoms with van der Waals surface area (Å²) in [4.78, 5) is 0. The second-order valence-electron chi connectivity index (χ2n) is 5.66. The summed E-state index contributed by atoms with van der Waals surface area (Å²) in [5, 5.41) is 4.12. The number of fused-ring (bicyclic) bond motifs is 1. The second kappa shape index (κ2) is 5.31. The van der Waals surface area contributed by atoms with E-state index in [1.54, 1.807) is 0 Å². The van der Waals surface area contributed by atoms with Crippen LogP contribution in [-0.2, 0) is 17.6 Å². The van der Waals surface area contributed by atoms with Crippen LogP contribution in [0.25, 0.3) is 0 Å². The molecule has 1 unspecified atom stereocenters. The lowest BCUT2D eigenvalue weighted by atomic mass is 9.80. The third kappa shape index (κ3) is 2.60. The summed E-state index contributed by atoms with van der Waals surface area (Å²) in [6, 6.07) is 4.09. The first-order valence-electron chi connectivity index (χ1n) is 6.89. The number of hydrogen-bond acceptors (Lipinski definition) is 3. The fraction of sp³-hybridized carbons (Fsp3) is 0.600. The Morgan fingerprint density at radius 1 is 1.37 bits per heavy atom. The molecule has 2 aliphatic rings. The van der Waals surface area contributed by atoms with Crippen molar-refractivity contribution in [1.82, 2.24) is 5.32 Å². The SMILES string of the molecule is CNCC1(Cc2cc(Cl)cc3c2OCC3)CCOC1. The third-order valence-electron chi connectivity index (χ3n) is 4.13. The summed E-state index contributed by atoms with van der Waals surface area (Å²) in [7, 11) is 2.00. The Kier molecular flexibility index (Phi) is 3.70. The van der Waals surface area contributed by atoms with E-state index in [1.165, 1.54) is 11.1 Å². The molecular weight excluding hydrogens is 262 g/mol. The second-order valence-corrected chi connectivity index (χ2v) is 6.10. The summed E-state index contributed by atoms with van der Waals surface area (Å²) in [5.41, 5.74) is 2.67. The number of halogens is 1. The third-order valence-corrected chi connectivity index (χ3v) is 4.35. The molecule has 0 saturated carbocycles. The largest absolute Gasteiger partial charge is 0.493 e. The van der Waals surface area contributed by atoms with Gasteiger partial charge in [0.1, 0.15) is 5.75 Å². The van der Waals surface area contributed by atoms with Gasteiger partial charge in [-0.15, -0.1) is 0 Å². The van der Waals surface area contributed by atoms with Crippen LogP contribution < -0.4 is 10.1 Å². The maximum atomic E-state index is 6.23. The minimum absolute atomic E-state index is 0.180. The van der Waals surface area contributed by atoms with Crippen molar-refractivity contribution >= 4 is 11.6 Å². The van der Waals surface area contributed by atoms with Gasteiger partial charge < -0.3 is 14.8 Å². The molecule has 0 aromatic heterocycles.